The minimum atomic E-state index is -1.44. The van der Waals surface area contributed by atoms with Gasteiger partial charge in [-0.25, -0.2) is 0 Å². The Morgan fingerprint density at radius 1 is 1.35 bits per heavy atom. The molecule has 2 nitrogen and oxygen atoms in total. The van der Waals surface area contributed by atoms with Gasteiger partial charge in [0.25, 0.3) is 0 Å². The summed E-state index contributed by atoms with van der Waals surface area (Å²) >= 11 is -1.44. The zero-order chi connectivity index (χ0) is 14.3. The summed E-state index contributed by atoms with van der Waals surface area (Å²) in [6, 6.07) is 0. The molecular weight excluding hydrogens is 374 g/mol. The minimum absolute atomic E-state index is 0. The zero-order valence-electron chi connectivity index (χ0n) is 12.9. The third kappa shape index (κ3) is 5.74. The van der Waals surface area contributed by atoms with E-state index in [9.17, 15) is 0 Å². The predicted octanol–water partition coefficient (Wildman–Crippen LogP) is -0.295. The Balaban J connectivity index is 0.00000361. The van der Waals surface area contributed by atoms with Crippen molar-refractivity contribution in [2.24, 2.45) is 5.41 Å². The summed E-state index contributed by atoms with van der Waals surface area (Å²) in [6.45, 7) is 3.79. The molecule has 1 N–H and O–H groups in total. The monoisotopic (exact) mass is 400 g/mol. The normalized spacial score (nSPS) is 15.9. The molecule has 0 aromatic heterocycles. The second-order valence-corrected chi connectivity index (χ2v) is 14.7. The van der Waals surface area contributed by atoms with E-state index < -0.39 is 19.8 Å². The fourth-order valence-corrected chi connectivity index (χ4v) is 7.59. The largest absolute Gasteiger partial charge is 1.00 e. The minimum Gasteiger partial charge on any atom is -1.00 e. The zero-order valence-corrected chi connectivity index (χ0v) is 16.9. The van der Waals surface area contributed by atoms with Crippen molar-refractivity contribution in [1.82, 2.24) is 5.32 Å². The van der Waals surface area contributed by atoms with Gasteiger partial charge in [-0.3, -0.25) is 0 Å². The summed E-state index contributed by atoms with van der Waals surface area (Å²) < 4.78 is 3.35. The van der Waals surface area contributed by atoms with E-state index in [2.05, 4.69) is 70.6 Å². The molecular formula is C16H25ClN2Sn. The SMILES string of the molecule is C=C=CC(C=[N+](C)C)([CH2][SnH]([CH3])[CH3])C1=CC=CC=CN1.[Cl-]. The average molecular weight is 400 g/mol. The maximum absolute atomic E-state index is 3.79. The van der Waals surface area contributed by atoms with Crippen LogP contribution in [0.5, 0.6) is 0 Å². The first-order chi connectivity index (χ1) is 9.00. The first-order valence-electron chi connectivity index (χ1n) is 6.70. The van der Waals surface area contributed by atoms with Gasteiger partial charge < -0.3 is 12.4 Å². The molecule has 0 spiro atoms. The molecule has 0 saturated carbocycles. The number of hydrogen-bond acceptors (Lipinski definition) is 1. The molecule has 1 unspecified atom stereocenters. The number of hydrogen-bond donors (Lipinski definition) is 1. The molecule has 0 amide bonds. The molecule has 4 heteroatoms. The molecule has 1 atom stereocenters. The number of nitrogens with one attached hydrogen (secondary N) is 1. The fourth-order valence-electron chi connectivity index (χ4n) is 2.47. The number of allylic oxidation sites excluding steroid dienone is 5. The number of nitrogens with zero attached hydrogens (tertiary/aromatic N) is 1. The van der Waals surface area contributed by atoms with Crippen LogP contribution in [-0.2, 0) is 0 Å². The summed E-state index contributed by atoms with van der Waals surface area (Å²) in [6.07, 6.45) is 14.7. The quantitative estimate of drug-likeness (QED) is 0.291. The topological polar surface area (TPSA) is 15.0 Å². The van der Waals surface area contributed by atoms with E-state index in [0.29, 0.717) is 0 Å². The molecule has 20 heavy (non-hydrogen) atoms. The van der Waals surface area contributed by atoms with Gasteiger partial charge in [-0.2, -0.15) is 0 Å². The Labute approximate surface area is 136 Å². The maximum atomic E-state index is 3.79. The van der Waals surface area contributed by atoms with Crippen LogP contribution in [0.4, 0.5) is 0 Å². The molecule has 0 aliphatic carbocycles. The predicted molar refractivity (Wildman–Crippen MR) is 87.5 cm³/mol. The average Bonchev–Trinajstić information content (AvgIpc) is 2.55. The second-order valence-electron chi connectivity index (χ2n) is 5.55. The Morgan fingerprint density at radius 2 is 2.05 bits per heavy atom. The van der Waals surface area contributed by atoms with Gasteiger partial charge in [0.1, 0.15) is 0 Å². The third-order valence-electron chi connectivity index (χ3n) is 2.92. The molecule has 0 fully saturated rings. The molecule has 0 bridgehead atoms. The van der Waals surface area contributed by atoms with Crippen molar-refractivity contribution < 1.29 is 17.0 Å². The molecule has 1 aliphatic rings. The van der Waals surface area contributed by atoms with Crippen LogP contribution in [0, 0.1) is 5.41 Å². The van der Waals surface area contributed by atoms with Crippen LogP contribution < -0.4 is 17.7 Å². The van der Waals surface area contributed by atoms with Crippen LogP contribution in [0.3, 0.4) is 0 Å². The summed E-state index contributed by atoms with van der Waals surface area (Å²) in [7, 11) is 4.15. The van der Waals surface area contributed by atoms with Gasteiger partial charge in [-0.05, 0) is 0 Å². The maximum Gasteiger partial charge on any atom is -1.00 e. The summed E-state index contributed by atoms with van der Waals surface area (Å²) in [5.41, 5.74) is 4.11. The van der Waals surface area contributed by atoms with Gasteiger partial charge in [0.2, 0.25) is 0 Å². The smallest absolute Gasteiger partial charge is 1.00 e. The Kier molecular flexibility index (Phi) is 8.95. The van der Waals surface area contributed by atoms with Crippen LogP contribution in [0.2, 0.25) is 14.3 Å². The van der Waals surface area contributed by atoms with Crippen LogP contribution in [0.15, 0.2) is 54.6 Å². The fraction of sp³-hybridized carbons (Fsp3) is 0.375. The van der Waals surface area contributed by atoms with Gasteiger partial charge in [0.05, 0.1) is 0 Å². The molecule has 0 radical (unpaired) electrons. The van der Waals surface area contributed by atoms with Gasteiger partial charge >= 0.3 is 124 Å². The molecule has 1 rings (SSSR count). The third-order valence-corrected chi connectivity index (χ3v) is 7.17. The van der Waals surface area contributed by atoms with Crippen LogP contribution in [0.1, 0.15) is 0 Å². The first-order valence-corrected chi connectivity index (χ1v) is 15.6. The van der Waals surface area contributed by atoms with E-state index in [1.54, 1.807) is 0 Å². The Morgan fingerprint density at radius 3 is 2.60 bits per heavy atom. The Bertz CT molecular complexity index is 479. The van der Waals surface area contributed by atoms with Crippen molar-refractivity contribution >= 4 is 26.0 Å². The van der Waals surface area contributed by atoms with E-state index in [0.717, 1.165) is 0 Å². The summed E-state index contributed by atoms with van der Waals surface area (Å²) in [5, 5.41) is 3.41. The van der Waals surface area contributed by atoms with Gasteiger partial charge in [-0.1, -0.05) is 0 Å². The van der Waals surface area contributed by atoms with E-state index in [-0.39, 0.29) is 17.8 Å². The van der Waals surface area contributed by atoms with Crippen LogP contribution >= 0.6 is 0 Å². The van der Waals surface area contributed by atoms with Crippen molar-refractivity contribution in [2.75, 3.05) is 14.1 Å². The van der Waals surface area contributed by atoms with Gasteiger partial charge in [0, 0.05) is 0 Å². The molecule has 1 aliphatic heterocycles. The van der Waals surface area contributed by atoms with Crippen molar-refractivity contribution in [3.8, 4) is 0 Å². The summed E-state index contributed by atoms with van der Waals surface area (Å²) in [5.74, 6) is 0. The van der Waals surface area contributed by atoms with E-state index in [4.69, 9.17) is 0 Å². The van der Waals surface area contributed by atoms with E-state index in [1.165, 1.54) is 10.1 Å². The number of rotatable bonds is 5. The molecule has 0 saturated heterocycles. The molecule has 1 heterocycles. The van der Waals surface area contributed by atoms with Crippen LogP contribution in [0.25, 0.3) is 0 Å². The standard InChI is InChI=1S/C14H18N2.2CH3.ClH.Sn.H/c1-5-10-14(2,12-16(3)4)13-9-7-6-8-11-15-13;;;;;/h6-12,15H,1-2H2,3-4H3;2*1H3;1H;;/q+1;;;;;/p-1. The van der Waals surface area contributed by atoms with Crippen molar-refractivity contribution in [2.45, 2.75) is 14.3 Å². The van der Waals surface area contributed by atoms with Crippen molar-refractivity contribution in [3.05, 3.63) is 54.6 Å². The molecule has 110 valence electrons. The Hall–Kier alpha value is -0.701. The van der Waals surface area contributed by atoms with Crippen molar-refractivity contribution in [3.63, 3.8) is 0 Å². The van der Waals surface area contributed by atoms with Gasteiger partial charge in [-0.15, -0.1) is 0 Å². The summed E-state index contributed by atoms with van der Waals surface area (Å²) in [4.78, 5) is 4.89. The van der Waals surface area contributed by atoms with Crippen molar-refractivity contribution in [1.29, 1.82) is 0 Å². The molecule has 0 aromatic carbocycles. The number of halogens is 1. The second kappa shape index (κ2) is 9.27. The molecule has 0 aromatic rings. The van der Waals surface area contributed by atoms with Gasteiger partial charge in [0.15, 0.2) is 0 Å². The first kappa shape index (κ1) is 19.3. The van der Waals surface area contributed by atoms with E-state index >= 15 is 0 Å². The van der Waals surface area contributed by atoms with Crippen LogP contribution in [-0.4, -0.2) is 44.6 Å². The van der Waals surface area contributed by atoms with E-state index in [1.807, 2.05) is 18.4 Å².